The fourth-order valence-electron chi connectivity index (χ4n) is 2.88. The van der Waals surface area contributed by atoms with Crippen LogP contribution in [0.1, 0.15) is 17.8 Å². The van der Waals surface area contributed by atoms with Gasteiger partial charge in [0.05, 0.1) is 22.8 Å². The largest absolute Gasteiger partial charge is 0.353 e. The number of carbonyl (C=O) groups is 1. The molecule has 2 heterocycles. The Morgan fingerprint density at radius 2 is 2.12 bits per heavy atom. The highest BCUT2D eigenvalue weighted by Gasteiger charge is 2.17. The third-order valence-corrected chi connectivity index (χ3v) is 6.21. The molecule has 26 heavy (non-hydrogen) atoms. The second-order valence-electron chi connectivity index (χ2n) is 6.21. The molecule has 0 aliphatic rings. The second kappa shape index (κ2) is 8.70. The molecule has 5 nitrogen and oxygen atoms in total. The highest BCUT2D eigenvalue weighted by atomic mass is 32.2. The number of hydrogen-bond acceptors (Lipinski definition) is 5. The lowest BCUT2D eigenvalue weighted by Crippen LogP contribution is -2.35. The molecule has 0 saturated carbocycles. The molecule has 0 aliphatic carbocycles. The number of para-hydroxylation sites is 2. The van der Waals surface area contributed by atoms with Crippen molar-refractivity contribution in [1.82, 2.24) is 19.8 Å². The molecule has 0 bridgehead atoms. The van der Waals surface area contributed by atoms with Crippen LogP contribution in [0.3, 0.4) is 0 Å². The summed E-state index contributed by atoms with van der Waals surface area (Å²) in [5.74, 6) is 0.404. The van der Waals surface area contributed by atoms with Crippen LogP contribution in [0.25, 0.3) is 11.0 Å². The minimum atomic E-state index is 0.0353. The van der Waals surface area contributed by atoms with Gasteiger partial charge in [-0.2, -0.15) is 0 Å². The highest BCUT2D eigenvalue weighted by Crippen LogP contribution is 2.24. The maximum absolute atomic E-state index is 12.3. The molecule has 0 spiro atoms. The molecule has 1 N–H and O–H groups in total. The Labute approximate surface area is 162 Å². The van der Waals surface area contributed by atoms with Gasteiger partial charge in [-0.1, -0.05) is 30.0 Å². The van der Waals surface area contributed by atoms with Crippen LogP contribution in [-0.2, 0) is 11.3 Å². The molecule has 2 aromatic heterocycles. The molecule has 1 atom stereocenters. The average Bonchev–Trinajstić information content (AvgIpc) is 3.27. The summed E-state index contributed by atoms with van der Waals surface area (Å²) in [5, 5.41) is 6.02. The Morgan fingerprint density at radius 1 is 1.31 bits per heavy atom. The molecule has 0 fully saturated rings. The van der Waals surface area contributed by atoms with Gasteiger partial charge in [-0.3, -0.25) is 4.79 Å². The third-order valence-electron chi connectivity index (χ3n) is 4.26. The predicted molar refractivity (Wildman–Crippen MR) is 110 cm³/mol. The smallest absolute Gasteiger partial charge is 0.230 e. The van der Waals surface area contributed by atoms with E-state index in [0.29, 0.717) is 12.3 Å². The molecule has 1 aromatic carbocycles. The number of aryl methyl sites for hydroxylation is 1. The van der Waals surface area contributed by atoms with E-state index >= 15 is 0 Å². The first-order valence-corrected chi connectivity index (χ1v) is 10.5. The van der Waals surface area contributed by atoms with Crippen molar-refractivity contribution in [2.75, 3.05) is 26.4 Å². The molecule has 3 aromatic rings. The zero-order valence-corrected chi connectivity index (χ0v) is 16.9. The van der Waals surface area contributed by atoms with Crippen molar-refractivity contribution in [1.29, 1.82) is 0 Å². The van der Waals surface area contributed by atoms with E-state index in [1.165, 1.54) is 16.6 Å². The number of benzene rings is 1. The molecular weight excluding hydrogens is 364 g/mol. The molecular formula is C19H24N4OS2. The number of aromatic nitrogens is 2. The number of nitrogens with one attached hydrogen (secondary N) is 1. The lowest BCUT2D eigenvalue weighted by Gasteiger charge is -2.23. The Kier molecular flexibility index (Phi) is 6.34. The third kappa shape index (κ3) is 4.28. The molecule has 1 unspecified atom stereocenters. The number of likely N-dealkylation sites (N-methyl/N-ethyl adjacent to an activating group) is 1. The zero-order valence-electron chi connectivity index (χ0n) is 15.3. The Morgan fingerprint density at radius 3 is 2.81 bits per heavy atom. The Balaban J connectivity index is 1.59. The minimum absolute atomic E-state index is 0.0353. The van der Waals surface area contributed by atoms with Gasteiger partial charge >= 0.3 is 0 Å². The quantitative estimate of drug-likeness (QED) is 0.599. The van der Waals surface area contributed by atoms with E-state index in [9.17, 15) is 4.79 Å². The number of thiophene rings is 1. The van der Waals surface area contributed by atoms with Crippen LogP contribution in [0.2, 0.25) is 0 Å². The van der Waals surface area contributed by atoms with Gasteiger partial charge < -0.3 is 14.8 Å². The summed E-state index contributed by atoms with van der Waals surface area (Å²) in [6, 6.07) is 12.4. The van der Waals surface area contributed by atoms with Gasteiger partial charge in [-0.15, -0.1) is 11.3 Å². The SMILES string of the molecule is CCn1c(SCC(=O)NCC(c2cccs2)N(C)C)nc2ccccc21. The number of rotatable bonds is 8. The molecule has 0 radical (unpaired) electrons. The lowest BCUT2D eigenvalue weighted by atomic mass is 10.2. The van der Waals surface area contributed by atoms with Crippen LogP contribution in [-0.4, -0.2) is 46.8 Å². The highest BCUT2D eigenvalue weighted by molar-refractivity contribution is 7.99. The summed E-state index contributed by atoms with van der Waals surface area (Å²) in [6.07, 6.45) is 0. The van der Waals surface area contributed by atoms with E-state index in [4.69, 9.17) is 0 Å². The van der Waals surface area contributed by atoms with E-state index in [2.05, 4.69) is 44.2 Å². The molecule has 7 heteroatoms. The van der Waals surface area contributed by atoms with Gasteiger partial charge in [0.2, 0.25) is 5.91 Å². The fourth-order valence-corrected chi connectivity index (χ4v) is 4.71. The van der Waals surface area contributed by atoms with Gasteiger partial charge in [0.1, 0.15) is 0 Å². The monoisotopic (exact) mass is 388 g/mol. The van der Waals surface area contributed by atoms with E-state index < -0.39 is 0 Å². The number of carbonyl (C=O) groups excluding carboxylic acids is 1. The minimum Gasteiger partial charge on any atom is -0.353 e. The van der Waals surface area contributed by atoms with Crippen LogP contribution < -0.4 is 5.32 Å². The van der Waals surface area contributed by atoms with Crippen molar-refractivity contribution in [2.45, 2.75) is 24.7 Å². The zero-order chi connectivity index (χ0) is 18.5. The van der Waals surface area contributed by atoms with Crippen LogP contribution in [0.15, 0.2) is 46.9 Å². The standard InChI is InChI=1S/C19H24N4OS2/c1-4-23-15-9-6-5-8-14(15)21-19(23)26-13-18(24)20-12-16(22(2)3)17-10-7-11-25-17/h5-11,16H,4,12-13H2,1-3H3,(H,20,24). The maximum atomic E-state index is 12.3. The van der Waals surface area contributed by atoms with E-state index in [1.807, 2.05) is 38.4 Å². The summed E-state index contributed by atoms with van der Waals surface area (Å²) < 4.78 is 2.15. The number of nitrogens with zero attached hydrogens (tertiary/aromatic N) is 3. The van der Waals surface area contributed by atoms with Gasteiger partial charge in [0.25, 0.3) is 0 Å². The van der Waals surface area contributed by atoms with Crippen molar-refractivity contribution in [2.24, 2.45) is 0 Å². The lowest BCUT2D eigenvalue weighted by molar-refractivity contribution is -0.118. The summed E-state index contributed by atoms with van der Waals surface area (Å²) >= 11 is 3.21. The second-order valence-corrected chi connectivity index (χ2v) is 8.14. The van der Waals surface area contributed by atoms with E-state index in [-0.39, 0.29) is 11.9 Å². The summed E-state index contributed by atoms with van der Waals surface area (Å²) in [5.41, 5.74) is 2.09. The predicted octanol–water partition coefficient (Wildman–Crippen LogP) is 3.63. The Hall–Kier alpha value is -1.83. The molecule has 1 amide bonds. The normalized spacial score (nSPS) is 12.6. The first-order valence-electron chi connectivity index (χ1n) is 8.64. The van der Waals surface area contributed by atoms with Gasteiger partial charge in [-0.25, -0.2) is 4.98 Å². The van der Waals surface area contributed by atoms with Crippen LogP contribution >= 0.6 is 23.1 Å². The molecule has 0 saturated heterocycles. The number of hydrogen-bond donors (Lipinski definition) is 1. The average molecular weight is 389 g/mol. The van der Waals surface area contributed by atoms with E-state index in [1.54, 1.807) is 11.3 Å². The topological polar surface area (TPSA) is 50.2 Å². The summed E-state index contributed by atoms with van der Waals surface area (Å²) in [7, 11) is 4.07. The molecule has 0 aliphatic heterocycles. The van der Waals surface area contributed by atoms with E-state index in [0.717, 1.165) is 22.7 Å². The number of amides is 1. The maximum Gasteiger partial charge on any atom is 0.230 e. The van der Waals surface area contributed by atoms with Gasteiger partial charge in [0, 0.05) is 18.0 Å². The first kappa shape index (κ1) is 18.9. The van der Waals surface area contributed by atoms with Crippen molar-refractivity contribution < 1.29 is 4.79 Å². The first-order chi connectivity index (χ1) is 12.6. The van der Waals surface area contributed by atoms with Crippen molar-refractivity contribution in [3.8, 4) is 0 Å². The van der Waals surface area contributed by atoms with Gasteiger partial charge in [0.15, 0.2) is 5.16 Å². The van der Waals surface area contributed by atoms with Crippen molar-refractivity contribution in [3.05, 3.63) is 46.7 Å². The van der Waals surface area contributed by atoms with Crippen LogP contribution in [0, 0.1) is 0 Å². The molecule has 138 valence electrons. The fraction of sp³-hybridized carbons (Fsp3) is 0.368. The number of fused-ring (bicyclic) bond motifs is 1. The number of imidazole rings is 1. The summed E-state index contributed by atoms with van der Waals surface area (Å²) in [6.45, 7) is 3.55. The van der Waals surface area contributed by atoms with Crippen LogP contribution in [0.5, 0.6) is 0 Å². The summed E-state index contributed by atoms with van der Waals surface area (Å²) in [4.78, 5) is 20.4. The number of thioether (sulfide) groups is 1. The molecule has 3 rings (SSSR count). The van der Waals surface area contributed by atoms with Crippen LogP contribution in [0.4, 0.5) is 0 Å². The van der Waals surface area contributed by atoms with Gasteiger partial charge in [-0.05, 0) is 44.6 Å². The van der Waals surface area contributed by atoms with Crippen molar-refractivity contribution in [3.63, 3.8) is 0 Å². The van der Waals surface area contributed by atoms with Crippen molar-refractivity contribution >= 4 is 40.0 Å². The Bertz CT molecular complexity index is 858.